The van der Waals surface area contributed by atoms with Crippen molar-refractivity contribution in [2.75, 3.05) is 4.90 Å². The predicted octanol–water partition coefficient (Wildman–Crippen LogP) is 4.65. The number of ether oxygens (including phenoxy) is 1. The summed E-state index contributed by atoms with van der Waals surface area (Å²) in [5, 5.41) is 0.404. The third kappa shape index (κ3) is 2.81. The Kier molecular flexibility index (Phi) is 4.66. The summed E-state index contributed by atoms with van der Waals surface area (Å²) in [6.45, 7) is 3.72. The lowest BCUT2D eigenvalue weighted by atomic mass is 9.77. The minimum atomic E-state index is -2.08. The largest absolute Gasteiger partial charge is 0.349 e. The van der Waals surface area contributed by atoms with E-state index in [0.29, 0.717) is 16.3 Å². The zero-order valence-electron chi connectivity index (χ0n) is 18.9. The summed E-state index contributed by atoms with van der Waals surface area (Å²) in [6, 6.07) is 18.7. The van der Waals surface area contributed by atoms with Crippen LogP contribution in [0.2, 0.25) is 5.02 Å². The molecule has 2 amide bonds. The summed E-state index contributed by atoms with van der Waals surface area (Å²) in [5.41, 5.74) is 0.991. The van der Waals surface area contributed by atoms with Crippen molar-refractivity contribution in [3.05, 3.63) is 99.6 Å². The van der Waals surface area contributed by atoms with E-state index in [-0.39, 0.29) is 11.1 Å². The number of Topliss-reactive ketones (excluding diaryl/α,β-unsaturated/α-hetero) is 2. The van der Waals surface area contributed by atoms with Gasteiger partial charge in [0.1, 0.15) is 0 Å². The van der Waals surface area contributed by atoms with Gasteiger partial charge in [-0.25, -0.2) is 4.90 Å². The van der Waals surface area contributed by atoms with Crippen LogP contribution in [0.4, 0.5) is 5.69 Å². The highest BCUT2D eigenvalue weighted by Crippen LogP contribution is 2.57. The number of imide groups is 1. The number of amides is 2. The first-order valence-electron chi connectivity index (χ1n) is 11.3. The molecule has 35 heavy (non-hydrogen) atoms. The van der Waals surface area contributed by atoms with Crippen molar-refractivity contribution >= 4 is 40.7 Å². The summed E-state index contributed by atoms with van der Waals surface area (Å²) < 4.78 is 6.30. The first kappa shape index (κ1) is 21.9. The summed E-state index contributed by atoms with van der Waals surface area (Å²) in [7, 11) is 0. The van der Waals surface area contributed by atoms with Gasteiger partial charge in [0.25, 0.3) is 0 Å². The number of ketones is 2. The molecule has 3 aromatic carbocycles. The van der Waals surface area contributed by atoms with Crippen molar-refractivity contribution in [2.24, 2.45) is 11.8 Å². The first-order chi connectivity index (χ1) is 16.8. The zero-order chi connectivity index (χ0) is 24.6. The average molecular weight is 486 g/mol. The number of nitrogens with zero attached hydrogens (tertiary/aromatic N) is 1. The minimum Gasteiger partial charge on any atom is -0.349 e. The van der Waals surface area contributed by atoms with E-state index in [9.17, 15) is 19.2 Å². The van der Waals surface area contributed by atoms with Gasteiger partial charge in [0, 0.05) is 16.1 Å². The van der Waals surface area contributed by atoms with Crippen LogP contribution in [0.5, 0.6) is 0 Å². The summed E-state index contributed by atoms with van der Waals surface area (Å²) in [5.74, 6) is -4.62. The summed E-state index contributed by atoms with van der Waals surface area (Å²) in [4.78, 5) is 56.3. The normalized spacial score (nSPS) is 24.4. The third-order valence-electron chi connectivity index (χ3n) is 7.30. The van der Waals surface area contributed by atoms with Crippen molar-refractivity contribution in [3.8, 4) is 0 Å². The van der Waals surface area contributed by atoms with Crippen LogP contribution in [0.3, 0.4) is 0 Å². The number of anilines is 1. The van der Waals surface area contributed by atoms with Gasteiger partial charge in [0.2, 0.25) is 29.0 Å². The fraction of sp³-hybridized carbons (Fsp3) is 0.214. The number of fused-ring (bicyclic) bond motifs is 3. The maximum atomic E-state index is 13.9. The van der Waals surface area contributed by atoms with Gasteiger partial charge in [-0.2, -0.15) is 0 Å². The van der Waals surface area contributed by atoms with Gasteiger partial charge in [0.15, 0.2) is 0 Å². The number of rotatable bonds is 2. The molecule has 3 aromatic rings. The Hall–Kier alpha value is -3.61. The highest BCUT2D eigenvalue weighted by Gasteiger charge is 2.74. The highest BCUT2D eigenvalue weighted by molar-refractivity contribution is 6.37. The molecule has 6 rings (SSSR count). The second-order valence-corrected chi connectivity index (χ2v) is 9.75. The molecular formula is C28H20ClNO5. The van der Waals surface area contributed by atoms with E-state index in [2.05, 4.69) is 0 Å². The maximum absolute atomic E-state index is 13.9. The quantitative estimate of drug-likeness (QED) is 0.390. The van der Waals surface area contributed by atoms with Crippen LogP contribution in [0.25, 0.3) is 0 Å². The molecule has 2 fully saturated rings. The van der Waals surface area contributed by atoms with Crippen molar-refractivity contribution in [1.29, 1.82) is 0 Å². The molecule has 0 unspecified atom stereocenters. The van der Waals surface area contributed by atoms with Crippen LogP contribution in [-0.4, -0.2) is 29.0 Å². The Balaban J connectivity index is 1.55. The van der Waals surface area contributed by atoms with E-state index >= 15 is 0 Å². The fourth-order valence-electron chi connectivity index (χ4n) is 5.64. The number of hydrogen-bond acceptors (Lipinski definition) is 5. The van der Waals surface area contributed by atoms with Crippen molar-refractivity contribution in [1.82, 2.24) is 0 Å². The lowest BCUT2D eigenvalue weighted by Gasteiger charge is -2.27. The highest BCUT2D eigenvalue weighted by atomic mass is 35.5. The average Bonchev–Trinajstić information content (AvgIpc) is 3.41. The smallest absolute Gasteiger partial charge is 0.241 e. The van der Waals surface area contributed by atoms with Crippen LogP contribution in [-0.2, 0) is 14.3 Å². The predicted molar refractivity (Wildman–Crippen MR) is 129 cm³/mol. The Bertz CT molecular complexity index is 1440. The summed E-state index contributed by atoms with van der Waals surface area (Å²) >= 11 is 6.30. The van der Waals surface area contributed by atoms with Crippen LogP contribution >= 0.6 is 11.6 Å². The monoisotopic (exact) mass is 485 g/mol. The van der Waals surface area contributed by atoms with Gasteiger partial charge < -0.3 is 4.74 Å². The zero-order valence-corrected chi connectivity index (χ0v) is 19.7. The maximum Gasteiger partial charge on any atom is 0.241 e. The lowest BCUT2D eigenvalue weighted by Crippen LogP contribution is -2.51. The molecule has 2 saturated heterocycles. The molecule has 2 aliphatic heterocycles. The first-order valence-corrected chi connectivity index (χ1v) is 11.7. The molecule has 6 nitrogen and oxygen atoms in total. The van der Waals surface area contributed by atoms with Crippen LogP contribution in [0.1, 0.15) is 43.5 Å². The number of carbonyl (C=O) groups excluding carboxylic acids is 4. The molecule has 3 atom stereocenters. The van der Waals surface area contributed by atoms with Gasteiger partial charge in [0.05, 0.1) is 23.6 Å². The molecule has 3 aliphatic rings. The van der Waals surface area contributed by atoms with E-state index in [0.717, 1.165) is 16.0 Å². The number of carbonyl (C=O) groups is 4. The van der Waals surface area contributed by atoms with Crippen LogP contribution < -0.4 is 4.90 Å². The van der Waals surface area contributed by atoms with E-state index < -0.39 is 46.9 Å². The number of aryl methyl sites for hydroxylation is 2. The number of benzene rings is 3. The Morgan fingerprint density at radius 3 is 2.14 bits per heavy atom. The molecule has 0 aromatic heterocycles. The second kappa shape index (κ2) is 7.44. The van der Waals surface area contributed by atoms with Gasteiger partial charge in [-0.1, -0.05) is 71.8 Å². The molecule has 7 heteroatoms. The van der Waals surface area contributed by atoms with Gasteiger partial charge >= 0.3 is 0 Å². The summed E-state index contributed by atoms with van der Waals surface area (Å²) in [6.07, 6.45) is -0.940. The topological polar surface area (TPSA) is 80.8 Å². The standard InChI is InChI=1S/C28H20ClNO5/c1-14-6-5-7-16(12-14)23-21-22(27(34)30(26(21)33)17-11-10-15(2)20(29)13-17)28(35-23)24(31)18-8-3-4-9-19(18)25(28)32/h3-13,21-23H,1-2H3/t21-,22-,23-/m1/s1. The Morgan fingerprint density at radius 1 is 0.829 bits per heavy atom. The van der Waals surface area contributed by atoms with Gasteiger partial charge in [-0.3, -0.25) is 19.2 Å². The van der Waals surface area contributed by atoms with Crippen molar-refractivity contribution in [3.63, 3.8) is 0 Å². The molecular weight excluding hydrogens is 466 g/mol. The van der Waals surface area contributed by atoms with Crippen LogP contribution in [0.15, 0.2) is 66.7 Å². The van der Waals surface area contributed by atoms with E-state index in [4.69, 9.17) is 16.3 Å². The van der Waals surface area contributed by atoms with Gasteiger partial charge in [-0.05, 0) is 37.1 Å². The Labute approximate surface area is 206 Å². The fourth-order valence-corrected chi connectivity index (χ4v) is 5.82. The molecule has 0 saturated carbocycles. The second-order valence-electron chi connectivity index (χ2n) is 9.34. The van der Waals surface area contributed by atoms with E-state index in [1.165, 1.54) is 0 Å². The third-order valence-corrected chi connectivity index (χ3v) is 7.71. The van der Waals surface area contributed by atoms with Crippen molar-refractivity contribution in [2.45, 2.75) is 25.6 Å². The SMILES string of the molecule is Cc1cccc([C@H]2OC3(C(=O)c4ccccc4C3=O)[C@H]3C(=O)N(c4ccc(C)c(Cl)c4)C(=O)[C@@H]23)c1. The van der Waals surface area contributed by atoms with E-state index in [1.54, 1.807) is 48.5 Å². The molecule has 2 heterocycles. The van der Waals surface area contributed by atoms with Crippen LogP contribution in [0, 0.1) is 25.7 Å². The molecule has 174 valence electrons. The minimum absolute atomic E-state index is 0.207. The van der Waals surface area contributed by atoms with E-state index in [1.807, 2.05) is 32.0 Å². The lowest BCUT2D eigenvalue weighted by molar-refractivity contribution is -0.127. The van der Waals surface area contributed by atoms with Gasteiger partial charge in [-0.15, -0.1) is 0 Å². The Morgan fingerprint density at radius 2 is 1.51 bits per heavy atom. The molecule has 0 N–H and O–H groups in total. The van der Waals surface area contributed by atoms with Crippen molar-refractivity contribution < 1.29 is 23.9 Å². The molecule has 0 radical (unpaired) electrons. The molecule has 1 spiro atoms. The molecule has 1 aliphatic carbocycles. The number of hydrogen-bond donors (Lipinski definition) is 0. The molecule has 0 bridgehead atoms. The number of halogens is 1.